The number of benzene rings is 1. The maximum absolute atomic E-state index is 10.9. The van der Waals surface area contributed by atoms with Gasteiger partial charge in [0, 0.05) is 6.42 Å². The lowest BCUT2D eigenvalue weighted by Crippen LogP contribution is -2.49. The number of methoxy groups -OCH3 is 1. The van der Waals surface area contributed by atoms with Crippen molar-refractivity contribution in [3.05, 3.63) is 29.8 Å². The summed E-state index contributed by atoms with van der Waals surface area (Å²) in [6.07, 6.45) is 7.53. The van der Waals surface area contributed by atoms with E-state index in [0.29, 0.717) is 5.92 Å². The minimum Gasteiger partial charge on any atom is -0.496 e. The summed E-state index contributed by atoms with van der Waals surface area (Å²) < 4.78 is 5.44. The fourth-order valence-corrected chi connectivity index (χ4v) is 5.83. The van der Waals surface area contributed by atoms with Crippen LogP contribution in [-0.2, 0) is 6.42 Å². The molecule has 1 atom stereocenters. The zero-order valence-electron chi connectivity index (χ0n) is 12.9. The first-order valence-electron chi connectivity index (χ1n) is 8.54. The third-order valence-corrected chi connectivity index (χ3v) is 6.37. The summed E-state index contributed by atoms with van der Waals surface area (Å²) >= 11 is 0. The normalized spacial score (nSPS) is 38.5. The Balaban J connectivity index is 1.51. The molecule has 4 saturated carbocycles. The van der Waals surface area contributed by atoms with Crippen molar-refractivity contribution in [2.24, 2.45) is 29.6 Å². The molecule has 0 heterocycles. The third kappa shape index (κ3) is 2.38. The van der Waals surface area contributed by atoms with Crippen LogP contribution in [0.4, 0.5) is 0 Å². The number of para-hydroxylation sites is 1. The molecule has 1 aromatic rings. The Kier molecular flexibility index (Phi) is 3.45. The van der Waals surface area contributed by atoms with Crippen LogP contribution in [0.25, 0.3) is 0 Å². The molecular weight excluding hydrogens is 260 g/mol. The second kappa shape index (κ2) is 5.31. The van der Waals surface area contributed by atoms with Crippen LogP contribution in [0.15, 0.2) is 24.3 Å². The van der Waals surface area contributed by atoms with Crippen LogP contribution in [0, 0.1) is 29.6 Å². The molecule has 5 rings (SSSR count). The summed E-state index contributed by atoms with van der Waals surface area (Å²) in [6, 6.07) is 8.14. The molecule has 0 spiro atoms. The second-order valence-corrected chi connectivity index (χ2v) is 7.59. The zero-order chi connectivity index (χ0) is 14.4. The fraction of sp³-hybridized carbons (Fsp3) is 0.684. The second-order valence-electron chi connectivity index (χ2n) is 7.59. The predicted octanol–water partition coefficient (Wildman–Crippen LogP) is 3.67. The SMILES string of the molecule is COc1ccccc1CC(O)C1C2CC3CC(C2)CC1C3. The minimum atomic E-state index is -0.198. The van der Waals surface area contributed by atoms with Crippen LogP contribution >= 0.6 is 0 Å². The summed E-state index contributed by atoms with van der Waals surface area (Å²) in [5.41, 5.74) is 1.15. The number of ether oxygens (including phenoxy) is 1. The molecule has 0 saturated heterocycles. The van der Waals surface area contributed by atoms with Gasteiger partial charge >= 0.3 is 0 Å². The van der Waals surface area contributed by atoms with Crippen LogP contribution in [0.1, 0.15) is 37.7 Å². The Morgan fingerprint density at radius 1 is 1.05 bits per heavy atom. The van der Waals surface area contributed by atoms with Gasteiger partial charge in [0.05, 0.1) is 13.2 Å². The van der Waals surface area contributed by atoms with E-state index in [1.807, 2.05) is 18.2 Å². The fourth-order valence-electron chi connectivity index (χ4n) is 5.83. The van der Waals surface area contributed by atoms with Crippen molar-refractivity contribution in [2.75, 3.05) is 7.11 Å². The Morgan fingerprint density at radius 3 is 2.29 bits per heavy atom. The highest BCUT2D eigenvalue weighted by molar-refractivity contribution is 5.33. The van der Waals surface area contributed by atoms with Crippen molar-refractivity contribution in [1.82, 2.24) is 0 Å². The van der Waals surface area contributed by atoms with Gasteiger partial charge in [-0.1, -0.05) is 18.2 Å². The smallest absolute Gasteiger partial charge is 0.122 e. The minimum absolute atomic E-state index is 0.198. The molecule has 4 aliphatic rings. The van der Waals surface area contributed by atoms with E-state index in [1.54, 1.807) is 7.11 Å². The maximum atomic E-state index is 10.9. The standard InChI is InChI=1S/C19H26O2/c1-21-18-5-3-2-4-14(18)11-17(20)19-15-7-12-6-13(9-15)10-16(19)8-12/h2-5,12-13,15-17,19-20H,6-11H2,1H3. The van der Waals surface area contributed by atoms with Crippen molar-refractivity contribution in [3.8, 4) is 5.75 Å². The van der Waals surface area contributed by atoms with Gasteiger partial charge in [0.25, 0.3) is 0 Å². The van der Waals surface area contributed by atoms with E-state index in [-0.39, 0.29) is 6.10 Å². The van der Waals surface area contributed by atoms with E-state index >= 15 is 0 Å². The number of rotatable bonds is 4. The van der Waals surface area contributed by atoms with Gasteiger partial charge in [-0.3, -0.25) is 0 Å². The molecule has 0 aromatic heterocycles. The summed E-state index contributed by atoms with van der Waals surface area (Å²) in [5.74, 6) is 4.96. The highest BCUT2D eigenvalue weighted by atomic mass is 16.5. The molecule has 4 fully saturated rings. The Labute approximate surface area is 127 Å². The molecule has 2 nitrogen and oxygen atoms in total. The van der Waals surface area contributed by atoms with E-state index < -0.39 is 0 Å². The zero-order valence-corrected chi connectivity index (χ0v) is 12.9. The Hall–Kier alpha value is -1.02. The van der Waals surface area contributed by atoms with Crippen LogP contribution in [-0.4, -0.2) is 18.3 Å². The first kappa shape index (κ1) is 13.6. The van der Waals surface area contributed by atoms with Crippen molar-refractivity contribution < 1.29 is 9.84 Å². The van der Waals surface area contributed by atoms with Crippen LogP contribution in [0.3, 0.4) is 0 Å². The van der Waals surface area contributed by atoms with Gasteiger partial charge in [-0.15, -0.1) is 0 Å². The number of aliphatic hydroxyl groups is 1. The molecule has 0 amide bonds. The average Bonchev–Trinajstić information content (AvgIpc) is 2.46. The van der Waals surface area contributed by atoms with Crippen molar-refractivity contribution in [2.45, 2.75) is 44.6 Å². The largest absolute Gasteiger partial charge is 0.496 e. The van der Waals surface area contributed by atoms with E-state index in [1.165, 1.54) is 32.1 Å². The number of hydrogen-bond donors (Lipinski definition) is 1. The lowest BCUT2D eigenvalue weighted by atomic mass is 9.50. The Bertz CT molecular complexity index is 482. The maximum Gasteiger partial charge on any atom is 0.122 e. The topological polar surface area (TPSA) is 29.5 Å². The molecule has 4 bridgehead atoms. The van der Waals surface area contributed by atoms with E-state index in [9.17, 15) is 5.11 Å². The molecule has 1 aromatic carbocycles. The average molecular weight is 286 g/mol. The van der Waals surface area contributed by atoms with E-state index in [2.05, 4.69) is 6.07 Å². The van der Waals surface area contributed by atoms with Gasteiger partial charge in [0.1, 0.15) is 5.75 Å². The molecule has 21 heavy (non-hydrogen) atoms. The van der Waals surface area contributed by atoms with Crippen molar-refractivity contribution in [3.63, 3.8) is 0 Å². The number of aliphatic hydroxyl groups excluding tert-OH is 1. The lowest BCUT2D eigenvalue weighted by Gasteiger charge is -2.55. The first-order valence-corrected chi connectivity index (χ1v) is 8.54. The summed E-state index contributed by atoms with van der Waals surface area (Å²) in [7, 11) is 1.72. The van der Waals surface area contributed by atoms with Gasteiger partial charge in [-0.2, -0.15) is 0 Å². The van der Waals surface area contributed by atoms with Gasteiger partial charge in [0.15, 0.2) is 0 Å². The van der Waals surface area contributed by atoms with Gasteiger partial charge < -0.3 is 9.84 Å². The van der Waals surface area contributed by atoms with Crippen molar-refractivity contribution in [1.29, 1.82) is 0 Å². The van der Waals surface area contributed by atoms with E-state index in [0.717, 1.165) is 41.4 Å². The molecule has 4 aliphatic carbocycles. The Morgan fingerprint density at radius 2 is 1.67 bits per heavy atom. The van der Waals surface area contributed by atoms with Gasteiger partial charge in [-0.05, 0) is 73.3 Å². The molecule has 1 unspecified atom stereocenters. The molecule has 0 radical (unpaired) electrons. The molecule has 114 valence electrons. The highest BCUT2D eigenvalue weighted by Gasteiger charge is 2.50. The molecule has 2 heteroatoms. The first-order chi connectivity index (χ1) is 10.2. The van der Waals surface area contributed by atoms with Crippen LogP contribution in [0.2, 0.25) is 0 Å². The molecule has 1 N–H and O–H groups in total. The third-order valence-electron chi connectivity index (χ3n) is 6.37. The number of hydrogen-bond acceptors (Lipinski definition) is 2. The van der Waals surface area contributed by atoms with Gasteiger partial charge in [0.2, 0.25) is 0 Å². The monoisotopic (exact) mass is 286 g/mol. The van der Waals surface area contributed by atoms with E-state index in [4.69, 9.17) is 4.74 Å². The predicted molar refractivity (Wildman–Crippen MR) is 83.2 cm³/mol. The molecule has 0 aliphatic heterocycles. The summed E-state index contributed by atoms with van der Waals surface area (Å²) in [4.78, 5) is 0. The molecular formula is C19H26O2. The van der Waals surface area contributed by atoms with Crippen LogP contribution < -0.4 is 4.74 Å². The summed E-state index contributed by atoms with van der Waals surface area (Å²) in [5, 5.41) is 10.9. The highest BCUT2D eigenvalue weighted by Crippen LogP contribution is 2.57. The summed E-state index contributed by atoms with van der Waals surface area (Å²) in [6.45, 7) is 0. The van der Waals surface area contributed by atoms with Crippen LogP contribution in [0.5, 0.6) is 5.75 Å². The quantitative estimate of drug-likeness (QED) is 0.915. The lowest BCUT2D eigenvalue weighted by molar-refractivity contribution is -0.0888. The van der Waals surface area contributed by atoms with Gasteiger partial charge in [-0.25, -0.2) is 0 Å². The van der Waals surface area contributed by atoms with Crippen molar-refractivity contribution >= 4 is 0 Å².